The lowest BCUT2D eigenvalue weighted by Crippen LogP contribution is -2.53. The molecule has 0 heterocycles. The number of carbonyl (C=O) groups excluding carboxylic acids is 1. The summed E-state index contributed by atoms with van der Waals surface area (Å²) < 4.78 is 0. The molecule has 8 atom stereocenters. The van der Waals surface area contributed by atoms with E-state index in [1.165, 1.54) is 44.9 Å². The number of rotatable bonds is 6. The minimum absolute atomic E-state index is 0.127. The van der Waals surface area contributed by atoms with Gasteiger partial charge in [0.25, 0.3) is 0 Å². The predicted octanol–water partition coefficient (Wildman–Crippen LogP) is 6.02. The molecule has 0 aromatic heterocycles. The van der Waals surface area contributed by atoms with Gasteiger partial charge in [-0.2, -0.15) is 0 Å². The molecular weight excluding hydrogens is 412 g/mol. The molecule has 2 N–H and O–H groups in total. The molecule has 0 unspecified atom stereocenters. The number of ketones is 1. The lowest BCUT2D eigenvalue weighted by atomic mass is 9.46. The smallest absolute Gasteiger partial charge is 0.333 e. The van der Waals surface area contributed by atoms with Gasteiger partial charge in [-0.1, -0.05) is 33.8 Å². The molecule has 33 heavy (non-hydrogen) atoms. The highest BCUT2D eigenvalue weighted by Gasteiger charge is 2.80. The molecule has 0 saturated heterocycles. The van der Waals surface area contributed by atoms with Crippen LogP contribution >= 0.6 is 0 Å². The van der Waals surface area contributed by atoms with Crippen molar-refractivity contribution in [1.82, 2.24) is 0 Å². The van der Waals surface area contributed by atoms with Crippen LogP contribution in [0.3, 0.4) is 0 Å². The topological polar surface area (TPSA) is 74.6 Å². The van der Waals surface area contributed by atoms with E-state index >= 15 is 0 Å². The zero-order chi connectivity index (χ0) is 23.8. The van der Waals surface area contributed by atoms with Gasteiger partial charge in [0.1, 0.15) is 5.78 Å². The van der Waals surface area contributed by atoms with Crippen LogP contribution in [0, 0.1) is 51.2 Å². The maximum atomic E-state index is 12.8. The Balaban J connectivity index is 1.31. The highest BCUT2D eigenvalue weighted by molar-refractivity contribution is 5.86. The van der Waals surface area contributed by atoms with Gasteiger partial charge in [0, 0.05) is 11.8 Å². The van der Waals surface area contributed by atoms with Gasteiger partial charge in [0.15, 0.2) is 0 Å². The largest absolute Gasteiger partial charge is 0.478 e. The van der Waals surface area contributed by atoms with Crippen molar-refractivity contribution in [3.05, 3.63) is 11.6 Å². The maximum Gasteiger partial charge on any atom is 0.333 e. The van der Waals surface area contributed by atoms with E-state index in [-0.39, 0.29) is 17.6 Å². The van der Waals surface area contributed by atoms with Crippen LogP contribution in [-0.2, 0) is 9.59 Å². The summed E-state index contributed by atoms with van der Waals surface area (Å²) in [4.78, 5) is 24.0. The number of carbonyl (C=O) groups is 2. The second-order valence-electron chi connectivity index (χ2n) is 13.4. The third-order valence-electron chi connectivity index (χ3n) is 12.3. The molecule has 0 radical (unpaired) electrons. The molecule has 5 fully saturated rings. The van der Waals surface area contributed by atoms with E-state index in [4.69, 9.17) is 5.11 Å². The Kier molecular flexibility index (Phi) is 5.48. The Morgan fingerprint density at radius 3 is 2.48 bits per heavy atom. The van der Waals surface area contributed by atoms with E-state index in [1.807, 2.05) is 0 Å². The van der Waals surface area contributed by atoms with Gasteiger partial charge in [-0.05, 0) is 110 Å². The average molecular weight is 457 g/mol. The minimum atomic E-state index is -1.00. The highest BCUT2D eigenvalue weighted by Crippen LogP contribution is 2.86. The normalized spacial score (nSPS) is 46.6. The van der Waals surface area contributed by atoms with Gasteiger partial charge < -0.3 is 10.2 Å². The molecule has 2 spiro atoms. The molecule has 0 amide bonds. The summed E-state index contributed by atoms with van der Waals surface area (Å²) in [5.74, 6) is 3.07. The number of allylic oxidation sites excluding steroid dienone is 1. The van der Waals surface area contributed by atoms with Crippen molar-refractivity contribution in [2.45, 2.75) is 98.3 Å². The summed E-state index contributed by atoms with van der Waals surface area (Å²) in [7, 11) is 0. The number of aliphatic carboxylic acids is 1. The van der Waals surface area contributed by atoms with Crippen molar-refractivity contribution in [2.24, 2.45) is 51.2 Å². The molecule has 184 valence electrons. The number of carboxylic acid groups (broad SMARTS) is 1. The van der Waals surface area contributed by atoms with Crippen LogP contribution in [0.5, 0.6) is 0 Å². The van der Waals surface area contributed by atoms with Crippen LogP contribution in [0.1, 0.15) is 98.3 Å². The van der Waals surface area contributed by atoms with Crippen molar-refractivity contribution < 1.29 is 19.8 Å². The summed E-state index contributed by atoms with van der Waals surface area (Å²) >= 11 is 0. The van der Waals surface area contributed by atoms with Crippen LogP contribution in [0.25, 0.3) is 0 Å². The highest BCUT2D eigenvalue weighted by atomic mass is 16.4. The number of Topliss-reactive ketones (excluding diaryl/α,β-unsaturated/α-hetero) is 1. The Labute approximate surface area is 199 Å². The number of hydrogen-bond acceptors (Lipinski definition) is 3. The standard InChI is InChI=1S/C29H44O4/c1-18(6-5-7-19(16-30)25(32)33)20-8-9-21-22-10-11-23-26(2,3)24(31)12-13-29(23)17-28(22,29)15-14-27(20,21)4/h7,18,20-23,30H,5-6,8-17H2,1-4H3,(H,32,33)/b19-7-/t18-,20-,21+,22+,23-,27-,28+,29-/m1/s1. The van der Waals surface area contributed by atoms with Gasteiger partial charge in [0.05, 0.1) is 12.2 Å². The van der Waals surface area contributed by atoms with Gasteiger partial charge in [-0.25, -0.2) is 4.79 Å². The fourth-order valence-corrected chi connectivity index (χ4v) is 10.6. The minimum Gasteiger partial charge on any atom is -0.478 e. The number of aliphatic hydroxyl groups is 1. The van der Waals surface area contributed by atoms with Crippen molar-refractivity contribution in [2.75, 3.05) is 6.61 Å². The van der Waals surface area contributed by atoms with Crippen LogP contribution in [0.4, 0.5) is 0 Å². The van der Waals surface area contributed by atoms with Crippen molar-refractivity contribution in [3.8, 4) is 0 Å². The van der Waals surface area contributed by atoms with Gasteiger partial charge in [0.2, 0.25) is 0 Å². The number of aliphatic hydroxyl groups excluding tert-OH is 1. The summed E-state index contributed by atoms with van der Waals surface area (Å²) in [6.45, 7) is 9.06. The Hall–Kier alpha value is -1.16. The zero-order valence-electron chi connectivity index (χ0n) is 21.2. The quantitative estimate of drug-likeness (QED) is 0.479. The lowest BCUT2D eigenvalue weighted by Gasteiger charge is -2.58. The number of hydrogen-bond donors (Lipinski definition) is 2. The average Bonchev–Trinajstić information content (AvgIpc) is 3.30. The Morgan fingerprint density at radius 2 is 1.79 bits per heavy atom. The summed E-state index contributed by atoms with van der Waals surface area (Å²) in [5.41, 5.74) is 1.39. The molecule has 5 aliphatic rings. The molecule has 4 heteroatoms. The number of fused-ring (bicyclic) bond motifs is 2. The molecule has 5 saturated carbocycles. The number of carboxylic acids is 1. The fraction of sp³-hybridized carbons (Fsp3) is 0.862. The summed E-state index contributed by atoms with van der Waals surface area (Å²) in [6, 6.07) is 0. The van der Waals surface area contributed by atoms with Crippen LogP contribution in [0.15, 0.2) is 11.6 Å². The molecular formula is C29H44O4. The molecule has 0 aliphatic heterocycles. The third kappa shape index (κ3) is 3.11. The maximum absolute atomic E-state index is 12.8. The first-order chi connectivity index (χ1) is 15.5. The molecule has 5 aliphatic carbocycles. The molecule has 0 bridgehead atoms. The van der Waals surface area contributed by atoms with Crippen molar-refractivity contribution >= 4 is 11.8 Å². The first-order valence-corrected chi connectivity index (χ1v) is 13.6. The first kappa shape index (κ1) is 23.6. The SMILES string of the molecule is C[C@H](CC/C=C(/CO)C(=O)O)[C@H]1CC[C@H]2[C@@H]3CC[C@@H]4C(C)(C)C(=O)CC[C@@]45C[C@@]35CC[C@]12C. The van der Waals surface area contributed by atoms with E-state index in [0.717, 1.165) is 37.5 Å². The van der Waals surface area contributed by atoms with Crippen LogP contribution < -0.4 is 0 Å². The van der Waals surface area contributed by atoms with Crippen LogP contribution in [0.2, 0.25) is 0 Å². The zero-order valence-corrected chi connectivity index (χ0v) is 21.2. The fourth-order valence-electron chi connectivity index (χ4n) is 10.6. The van der Waals surface area contributed by atoms with E-state index in [2.05, 4.69) is 27.7 Å². The molecule has 5 rings (SSSR count). The van der Waals surface area contributed by atoms with E-state index in [0.29, 0.717) is 39.8 Å². The van der Waals surface area contributed by atoms with Gasteiger partial charge in [-0.15, -0.1) is 0 Å². The van der Waals surface area contributed by atoms with Crippen molar-refractivity contribution in [1.29, 1.82) is 0 Å². The Morgan fingerprint density at radius 1 is 1.06 bits per heavy atom. The van der Waals surface area contributed by atoms with Gasteiger partial charge >= 0.3 is 5.97 Å². The second-order valence-corrected chi connectivity index (χ2v) is 13.4. The lowest BCUT2D eigenvalue weighted by molar-refractivity contribution is -0.145. The Bertz CT molecular complexity index is 873. The molecule has 0 aromatic carbocycles. The molecule has 4 nitrogen and oxygen atoms in total. The van der Waals surface area contributed by atoms with Crippen LogP contribution in [-0.4, -0.2) is 28.6 Å². The predicted molar refractivity (Wildman–Crippen MR) is 128 cm³/mol. The van der Waals surface area contributed by atoms with Gasteiger partial charge in [-0.3, -0.25) is 4.79 Å². The second kappa shape index (κ2) is 7.67. The van der Waals surface area contributed by atoms with E-state index in [9.17, 15) is 14.7 Å². The molecule has 0 aromatic rings. The van der Waals surface area contributed by atoms with E-state index in [1.54, 1.807) is 6.08 Å². The summed E-state index contributed by atoms with van der Waals surface area (Å²) in [5, 5.41) is 18.4. The monoisotopic (exact) mass is 456 g/mol. The summed E-state index contributed by atoms with van der Waals surface area (Å²) in [6.07, 6.45) is 14.8. The van der Waals surface area contributed by atoms with Crippen molar-refractivity contribution in [3.63, 3.8) is 0 Å². The van der Waals surface area contributed by atoms with E-state index < -0.39 is 5.97 Å². The first-order valence-electron chi connectivity index (χ1n) is 13.6. The third-order valence-corrected chi connectivity index (χ3v) is 12.3.